The lowest BCUT2D eigenvalue weighted by Gasteiger charge is -2.30. The zero-order valence-electron chi connectivity index (χ0n) is 8.58. The van der Waals surface area contributed by atoms with Gasteiger partial charge in [-0.2, -0.15) is 11.8 Å². The van der Waals surface area contributed by atoms with E-state index >= 15 is 0 Å². The first-order valence-corrected chi connectivity index (χ1v) is 6.10. The van der Waals surface area contributed by atoms with Gasteiger partial charge in [0, 0.05) is 20.0 Å². The molecule has 1 aliphatic rings. The Kier molecular flexibility index (Phi) is 4.41. The number of hydrogen-bond donors (Lipinski definition) is 1. The maximum Gasteiger partial charge on any atom is 0.246 e. The molecule has 0 aliphatic carbocycles. The van der Waals surface area contributed by atoms with Gasteiger partial charge in [-0.1, -0.05) is 0 Å². The van der Waals surface area contributed by atoms with Crippen LogP contribution >= 0.6 is 11.8 Å². The number of amides is 2. The molecule has 0 unspecified atom stereocenters. The Hall–Kier alpha value is -0.550. The van der Waals surface area contributed by atoms with Crippen molar-refractivity contribution in [2.24, 2.45) is 0 Å². The zero-order chi connectivity index (χ0) is 10.6. The Bertz CT molecular complexity index is 233. The molecule has 14 heavy (non-hydrogen) atoms. The van der Waals surface area contributed by atoms with E-state index in [1.165, 1.54) is 11.8 Å². The second-order valence-corrected chi connectivity index (χ2v) is 4.28. The molecular formula is C9H16N2O2S. The number of rotatable bonds is 3. The fourth-order valence-corrected chi connectivity index (χ4v) is 1.98. The van der Waals surface area contributed by atoms with Gasteiger partial charge in [0.2, 0.25) is 11.8 Å². The third-order valence-electron chi connectivity index (χ3n) is 2.28. The molecule has 1 rings (SSSR count). The lowest BCUT2D eigenvalue weighted by atomic mass is 10.1. The molecule has 0 spiro atoms. The molecule has 5 heteroatoms. The van der Waals surface area contributed by atoms with E-state index in [1.807, 2.05) is 6.26 Å². The monoisotopic (exact) mass is 216 g/mol. The highest BCUT2D eigenvalue weighted by atomic mass is 32.2. The van der Waals surface area contributed by atoms with Crippen molar-refractivity contribution in [2.75, 3.05) is 25.1 Å². The number of imide groups is 1. The van der Waals surface area contributed by atoms with Gasteiger partial charge in [0.25, 0.3) is 0 Å². The number of nitrogens with one attached hydrogen (secondary N) is 1. The van der Waals surface area contributed by atoms with E-state index in [2.05, 4.69) is 5.32 Å². The first-order chi connectivity index (χ1) is 6.66. The van der Waals surface area contributed by atoms with Crippen molar-refractivity contribution in [3.63, 3.8) is 0 Å². The molecule has 1 fully saturated rings. The van der Waals surface area contributed by atoms with Crippen LogP contribution in [0.25, 0.3) is 0 Å². The number of carbonyl (C=O) groups is 2. The van der Waals surface area contributed by atoms with Gasteiger partial charge in [0.1, 0.15) is 0 Å². The summed E-state index contributed by atoms with van der Waals surface area (Å²) in [7, 11) is 0. The Morgan fingerprint density at radius 1 is 1.71 bits per heavy atom. The number of piperazine rings is 1. The molecule has 0 saturated carbocycles. The predicted molar refractivity (Wildman–Crippen MR) is 57.2 cm³/mol. The average Bonchev–Trinajstić information content (AvgIpc) is 2.16. The summed E-state index contributed by atoms with van der Waals surface area (Å²) in [6, 6.07) is -0.167. The van der Waals surface area contributed by atoms with Gasteiger partial charge in [-0.05, 0) is 18.4 Å². The molecule has 1 N–H and O–H groups in total. The van der Waals surface area contributed by atoms with Crippen LogP contribution in [0.15, 0.2) is 0 Å². The van der Waals surface area contributed by atoms with E-state index in [9.17, 15) is 9.59 Å². The van der Waals surface area contributed by atoms with Crippen LogP contribution in [0.3, 0.4) is 0 Å². The normalized spacial score (nSPS) is 22.6. The molecule has 0 radical (unpaired) electrons. The van der Waals surface area contributed by atoms with E-state index < -0.39 is 0 Å². The van der Waals surface area contributed by atoms with Crippen molar-refractivity contribution >= 4 is 23.6 Å². The molecule has 4 nitrogen and oxygen atoms in total. The van der Waals surface area contributed by atoms with Gasteiger partial charge in [0.15, 0.2) is 0 Å². The third kappa shape index (κ3) is 2.72. The van der Waals surface area contributed by atoms with E-state index in [0.717, 1.165) is 12.2 Å². The number of hydrogen-bond acceptors (Lipinski definition) is 4. The van der Waals surface area contributed by atoms with Crippen molar-refractivity contribution in [1.29, 1.82) is 0 Å². The Labute approximate surface area is 88.4 Å². The standard InChI is InChI=1S/C9H16N2O2S/c1-7(12)11-5-4-10-8(9(11)13)3-6-14-2/h8,10H,3-6H2,1-2H3/t8-/m0/s1. The van der Waals surface area contributed by atoms with E-state index in [1.54, 1.807) is 11.8 Å². The maximum atomic E-state index is 11.7. The summed E-state index contributed by atoms with van der Waals surface area (Å²) in [5, 5.41) is 3.13. The molecule has 1 heterocycles. The molecule has 1 atom stereocenters. The minimum Gasteiger partial charge on any atom is -0.304 e. The highest BCUT2D eigenvalue weighted by molar-refractivity contribution is 7.98. The first kappa shape index (κ1) is 11.5. The predicted octanol–water partition coefficient (Wildman–Crippen LogP) is 0.0864. The minimum absolute atomic E-state index is 0.0715. The molecule has 1 saturated heterocycles. The lowest BCUT2D eigenvalue weighted by molar-refractivity contribution is -0.146. The zero-order valence-corrected chi connectivity index (χ0v) is 9.39. The molecule has 1 aliphatic heterocycles. The summed E-state index contributed by atoms with van der Waals surface area (Å²) >= 11 is 1.71. The van der Waals surface area contributed by atoms with Gasteiger partial charge in [0.05, 0.1) is 6.04 Å². The SMILES string of the molecule is CSCC[C@@H]1NCCN(C(C)=O)C1=O. The smallest absolute Gasteiger partial charge is 0.246 e. The van der Waals surface area contributed by atoms with Crippen molar-refractivity contribution in [1.82, 2.24) is 10.2 Å². The third-order valence-corrected chi connectivity index (χ3v) is 2.92. The molecule has 0 aromatic heterocycles. The van der Waals surface area contributed by atoms with Crippen LogP contribution in [0.2, 0.25) is 0 Å². The molecule has 2 amide bonds. The van der Waals surface area contributed by atoms with Crippen LogP contribution in [0, 0.1) is 0 Å². The summed E-state index contributed by atoms with van der Waals surface area (Å²) in [4.78, 5) is 24.1. The topological polar surface area (TPSA) is 49.4 Å². The van der Waals surface area contributed by atoms with Gasteiger partial charge in [-0.3, -0.25) is 14.5 Å². The van der Waals surface area contributed by atoms with Gasteiger partial charge in [-0.15, -0.1) is 0 Å². The Morgan fingerprint density at radius 2 is 2.43 bits per heavy atom. The van der Waals surface area contributed by atoms with Crippen molar-refractivity contribution in [3.05, 3.63) is 0 Å². The lowest BCUT2D eigenvalue weighted by Crippen LogP contribution is -2.56. The number of nitrogens with zero attached hydrogens (tertiary/aromatic N) is 1. The molecule has 0 aromatic carbocycles. The summed E-state index contributed by atoms with van der Waals surface area (Å²) in [5.74, 6) is 0.721. The van der Waals surface area contributed by atoms with E-state index in [-0.39, 0.29) is 17.9 Å². The first-order valence-electron chi connectivity index (χ1n) is 4.71. The molecular weight excluding hydrogens is 200 g/mol. The molecule has 80 valence electrons. The molecule has 0 bridgehead atoms. The highest BCUT2D eigenvalue weighted by Gasteiger charge is 2.29. The Morgan fingerprint density at radius 3 is 3.00 bits per heavy atom. The Balaban J connectivity index is 2.52. The van der Waals surface area contributed by atoms with Gasteiger partial charge >= 0.3 is 0 Å². The van der Waals surface area contributed by atoms with Crippen LogP contribution in [-0.2, 0) is 9.59 Å². The maximum absolute atomic E-state index is 11.7. The van der Waals surface area contributed by atoms with Crippen LogP contribution in [0.4, 0.5) is 0 Å². The quantitative estimate of drug-likeness (QED) is 0.726. The highest BCUT2D eigenvalue weighted by Crippen LogP contribution is 2.08. The number of carbonyl (C=O) groups excluding carboxylic acids is 2. The summed E-state index contributed by atoms with van der Waals surface area (Å²) in [6.07, 6.45) is 2.81. The summed E-state index contributed by atoms with van der Waals surface area (Å²) < 4.78 is 0. The minimum atomic E-state index is -0.167. The summed E-state index contributed by atoms with van der Waals surface area (Å²) in [5.41, 5.74) is 0. The number of thioether (sulfide) groups is 1. The fourth-order valence-electron chi connectivity index (χ4n) is 1.51. The van der Waals surface area contributed by atoms with Gasteiger partial charge in [-0.25, -0.2) is 0 Å². The van der Waals surface area contributed by atoms with Crippen LogP contribution < -0.4 is 5.32 Å². The average molecular weight is 216 g/mol. The fraction of sp³-hybridized carbons (Fsp3) is 0.778. The second-order valence-electron chi connectivity index (χ2n) is 3.30. The van der Waals surface area contributed by atoms with E-state index in [0.29, 0.717) is 13.1 Å². The van der Waals surface area contributed by atoms with Crippen LogP contribution in [0.5, 0.6) is 0 Å². The van der Waals surface area contributed by atoms with Crippen LogP contribution in [0.1, 0.15) is 13.3 Å². The van der Waals surface area contributed by atoms with Gasteiger partial charge < -0.3 is 5.32 Å². The van der Waals surface area contributed by atoms with Crippen molar-refractivity contribution in [3.8, 4) is 0 Å². The van der Waals surface area contributed by atoms with Crippen LogP contribution in [-0.4, -0.2) is 47.9 Å². The van der Waals surface area contributed by atoms with E-state index in [4.69, 9.17) is 0 Å². The van der Waals surface area contributed by atoms with Crippen molar-refractivity contribution in [2.45, 2.75) is 19.4 Å². The largest absolute Gasteiger partial charge is 0.304 e. The second kappa shape index (κ2) is 5.36. The van der Waals surface area contributed by atoms with Crippen molar-refractivity contribution < 1.29 is 9.59 Å². The summed E-state index contributed by atoms with van der Waals surface area (Å²) in [6.45, 7) is 2.66. The molecule has 0 aromatic rings.